The summed E-state index contributed by atoms with van der Waals surface area (Å²) in [4.78, 5) is 57.3. The molecule has 6 rings (SSSR count). The molecule has 16 heteroatoms. The Balaban J connectivity index is 0.000000236. The highest BCUT2D eigenvalue weighted by Crippen LogP contribution is 2.30. The van der Waals surface area contributed by atoms with Crippen LogP contribution in [0.1, 0.15) is 99.3 Å². The molecule has 0 aliphatic carbocycles. The van der Waals surface area contributed by atoms with Crippen LogP contribution < -0.4 is 20.1 Å². The largest absolute Gasteiger partial charge is 0.478 e. The number of carbonyl (C=O) groups excluding carboxylic acids is 3. The van der Waals surface area contributed by atoms with Crippen molar-refractivity contribution in [2.75, 3.05) is 0 Å². The van der Waals surface area contributed by atoms with E-state index in [0.717, 1.165) is 11.1 Å². The van der Waals surface area contributed by atoms with E-state index in [1.54, 1.807) is 91.9 Å². The van der Waals surface area contributed by atoms with Gasteiger partial charge in [0, 0.05) is 22.4 Å². The normalized spacial score (nSPS) is 11.8. The van der Waals surface area contributed by atoms with Gasteiger partial charge in [-0.25, -0.2) is 19.6 Å². The van der Waals surface area contributed by atoms with Crippen molar-refractivity contribution in [3.63, 3.8) is 0 Å². The topological polar surface area (TPSA) is 166 Å². The predicted molar refractivity (Wildman–Crippen MR) is 238 cm³/mol. The van der Waals surface area contributed by atoms with Crippen molar-refractivity contribution in [2.45, 2.75) is 52.3 Å². The molecule has 0 saturated carbocycles. The first-order valence-corrected chi connectivity index (χ1v) is 20.3. The highest BCUT2D eigenvalue weighted by Gasteiger charge is 2.22. The number of hydrogen-bond acceptors (Lipinski definition) is 9. The average Bonchev–Trinajstić information content (AvgIpc) is 3.21. The molecule has 62 heavy (non-hydrogen) atoms. The zero-order valence-corrected chi connectivity index (χ0v) is 36.9. The molecule has 0 spiro atoms. The number of pyridine rings is 2. The summed E-state index contributed by atoms with van der Waals surface area (Å²) in [5.74, 6) is -1.21. The van der Waals surface area contributed by atoms with Crippen molar-refractivity contribution in [1.29, 1.82) is 0 Å². The van der Waals surface area contributed by atoms with E-state index in [0.29, 0.717) is 32.1 Å². The number of aromatic carboxylic acids is 1. The van der Waals surface area contributed by atoms with Gasteiger partial charge in [0.1, 0.15) is 28.2 Å². The molecule has 0 fully saturated rings. The summed E-state index contributed by atoms with van der Waals surface area (Å²) in [6.45, 7) is 9.04. The van der Waals surface area contributed by atoms with Crippen LogP contribution in [0.5, 0.6) is 23.3 Å². The van der Waals surface area contributed by atoms with E-state index >= 15 is 0 Å². The molecule has 2 aromatic heterocycles. The fourth-order valence-electron chi connectivity index (χ4n) is 5.50. The number of aromatic nitrogens is 2. The molecule has 0 aliphatic rings. The van der Waals surface area contributed by atoms with Crippen molar-refractivity contribution < 1.29 is 38.5 Å². The number of carboxylic acids is 1. The fraction of sp³-hybridized carbons (Fsp3) is 0.174. The maximum absolute atomic E-state index is 13.0. The van der Waals surface area contributed by atoms with Gasteiger partial charge in [0.15, 0.2) is 0 Å². The number of hydrogen-bond donors (Lipinski definition) is 3. The third-order valence-electron chi connectivity index (χ3n) is 8.54. The summed E-state index contributed by atoms with van der Waals surface area (Å²) >= 11 is 24.1. The summed E-state index contributed by atoms with van der Waals surface area (Å²) in [5, 5.41) is 16.3. The summed E-state index contributed by atoms with van der Waals surface area (Å²) in [6.07, 6.45) is 2.78. The van der Waals surface area contributed by atoms with Gasteiger partial charge in [0.2, 0.25) is 11.8 Å². The van der Waals surface area contributed by atoms with E-state index in [-0.39, 0.29) is 45.6 Å². The SMILES string of the molecule is C[C@H](NC(=O)c1cc(Cl)cnc1Oc1cccc(Cl)c1)c1ccc(C(=O)O)cc1.C[C@H](NC(=O)c1cc(Cl)cnc1Oc1cccc(Cl)c1)c1ccc(C(=O)OC(C)(C)C)cc1. The number of benzene rings is 4. The van der Waals surface area contributed by atoms with E-state index in [1.807, 2.05) is 27.7 Å². The lowest BCUT2D eigenvalue weighted by molar-refractivity contribution is 0.00689. The summed E-state index contributed by atoms with van der Waals surface area (Å²) in [6, 6.07) is 28.8. The number of carbonyl (C=O) groups is 4. The third-order valence-corrected chi connectivity index (χ3v) is 9.43. The van der Waals surface area contributed by atoms with Crippen molar-refractivity contribution in [3.8, 4) is 23.3 Å². The van der Waals surface area contributed by atoms with Crippen LogP contribution in [-0.2, 0) is 4.74 Å². The number of carboxylic acid groups (broad SMARTS) is 1. The van der Waals surface area contributed by atoms with Crippen LogP contribution in [0.2, 0.25) is 20.1 Å². The van der Waals surface area contributed by atoms with Crippen molar-refractivity contribution >= 4 is 70.2 Å². The fourth-order valence-corrected chi connectivity index (χ4v) is 6.18. The Morgan fingerprint density at radius 3 is 1.35 bits per heavy atom. The molecular weight excluding hydrogens is 878 g/mol. The Morgan fingerprint density at radius 1 is 0.581 bits per heavy atom. The number of rotatable bonds is 12. The maximum Gasteiger partial charge on any atom is 0.338 e. The van der Waals surface area contributed by atoms with Gasteiger partial charge in [0.05, 0.1) is 33.3 Å². The highest BCUT2D eigenvalue weighted by molar-refractivity contribution is 6.31. The van der Waals surface area contributed by atoms with Crippen LogP contribution >= 0.6 is 46.4 Å². The monoisotopic (exact) mass is 916 g/mol. The average molecular weight is 919 g/mol. The first-order valence-electron chi connectivity index (χ1n) is 18.8. The van der Waals surface area contributed by atoms with Crippen LogP contribution in [0.25, 0.3) is 0 Å². The number of nitrogens with zero attached hydrogens (tertiary/aromatic N) is 2. The van der Waals surface area contributed by atoms with Crippen molar-refractivity contribution in [1.82, 2.24) is 20.6 Å². The van der Waals surface area contributed by atoms with Gasteiger partial charge in [-0.05, 0) is 119 Å². The summed E-state index contributed by atoms with van der Waals surface area (Å²) in [7, 11) is 0. The first kappa shape index (κ1) is 46.9. The third kappa shape index (κ3) is 13.7. The van der Waals surface area contributed by atoms with Crippen LogP contribution in [0.3, 0.4) is 0 Å². The molecule has 0 unspecified atom stereocenters. The number of esters is 1. The predicted octanol–water partition coefficient (Wildman–Crippen LogP) is 12.0. The molecule has 6 aromatic rings. The second-order valence-electron chi connectivity index (χ2n) is 14.6. The molecule has 2 heterocycles. The van der Waals surface area contributed by atoms with Gasteiger partial charge in [-0.15, -0.1) is 0 Å². The second-order valence-corrected chi connectivity index (χ2v) is 16.3. The molecule has 3 N–H and O–H groups in total. The first-order chi connectivity index (χ1) is 29.3. The lowest BCUT2D eigenvalue weighted by Crippen LogP contribution is -2.27. The van der Waals surface area contributed by atoms with Crippen LogP contribution in [-0.4, -0.2) is 44.4 Å². The Morgan fingerprint density at radius 2 is 0.984 bits per heavy atom. The van der Waals surface area contributed by atoms with Gasteiger partial charge < -0.3 is 30.0 Å². The van der Waals surface area contributed by atoms with Crippen LogP contribution in [0.15, 0.2) is 122 Å². The Labute approximate surface area is 378 Å². The Kier molecular flexibility index (Phi) is 15.9. The standard InChI is InChI=1S/C25H24Cl2N2O4.C21H16Cl2N2O4/c1-15(16-8-10-17(11-9-16)24(31)33-25(2,3)4)29-22(30)21-13-19(27)14-28-23(21)32-20-7-5-6-18(26)12-20;1-12(13-5-7-14(8-6-13)21(27)28)25-19(26)18-10-16(23)11-24-20(18)29-17-4-2-3-15(22)9-17/h5-15H,1-4H3,(H,29,30);2-12H,1H3,(H,25,26)(H,27,28)/t15-;12-/m00/s1. The van der Waals surface area contributed by atoms with E-state index in [1.165, 1.54) is 36.7 Å². The number of amides is 2. The smallest absolute Gasteiger partial charge is 0.338 e. The molecule has 2 amide bonds. The lowest BCUT2D eigenvalue weighted by atomic mass is 10.1. The number of nitrogens with one attached hydrogen (secondary N) is 2. The summed E-state index contributed by atoms with van der Waals surface area (Å²) < 4.78 is 16.9. The minimum atomic E-state index is -1.01. The van der Waals surface area contributed by atoms with Crippen molar-refractivity contribution in [2.24, 2.45) is 0 Å². The molecule has 12 nitrogen and oxygen atoms in total. The number of ether oxygens (including phenoxy) is 3. The molecule has 0 saturated heterocycles. The second kappa shape index (κ2) is 21.1. The van der Waals surface area contributed by atoms with Gasteiger partial charge in [-0.1, -0.05) is 82.8 Å². The molecule has 4 aromatic carbocycles. The number of halogens is 4. The Bertz CT molecular complexity index is 2570. The van der Waals surface area contributed by atoms with Gasteiger partial charge >= 0.3 is 11.9 Å². The maximum atomic E-state index is 13.0. The molecular formula is C46H40Cl4N4O8. The molecule has 0 bridgehead atoms. The molecule has 2 atom stereocenters. The quantitative estimate of drug-likeness (QED) is 0.101. The molecule has 320 valence electrons. The zero-order chi connectivity index (χ0) is 45.1. The van der Waals surface area contributed by atoms with Gasteiger partial charge in [0.25, 0.3) is 11.8 Å². The molecule has 0 radical (unpaired) electrons. The minimum Gasteiger partial charge on any atom is -0.478 e. The molecule has 0 aliphatic heterocycles. The van der Waals surface area contributed by atoms with Crippen LogP contribution in [0.4, 0.5) is 0 Å². The minimum absolute atomic E-state index is 0.0857. The Hall–Kier alpha value is -6.18. The van der Waals surface area contributed by atoms with Crippen LogP contribution in [0, 0.1) is 0 Å². The van der Waals surface area contributed by atoms with E-state index in [9.17, 15) is 19.2 Å². The summed E-state index contributed by atoms with van der Waals surface area (Å²) in [5.41, 5.74) is 1.92. The van der Waals surface area contributed by atoms with E-state index in [4.69, 9.17) is 65.7 Å². The lowest BCUT2D eigenvalue weighted by Gasteiger charge is -2.20. The van der Waals surface area contributed by atoms with Gasteiger partial charge in [-0.3, -0.25) is 9.59 Å². The van der Waals surface area contributed by atoms with E-state index < -0.39 is 29.4 Å². The highest BCUT2D eigenvalue weighted by atomic mass is 35.5. The van der Waals surface area contributed by atoms with E-state index in [2.05, 4.69) is 20.6 Å². The van der Waals surface area contributed by atoms with Gasteiger partial charge in [-0.2, -0.15) is 0 Å². The van der Waals surface area contributed by atoms with Crippen molar-refractivity contribution in [3.05, 3.63) is 175 Å². The zero-order valence-electron chi connectivity index (χ0n) is 33.9.